The Bertz CT molecular complexity index is 1440. The van der Waals surface area contributed by atoms with Crippen molar-refractivity contribution in [2.75, 3.05) is 42.6 Å². The summed E-state index contributed by atoms with van der Waals surface area (Å²) in [5, 5.41) is 6.42. The minimum atomic E-state index is -3.13. The van der Waals surface area contributed by atoms with Crippen LogP contribution in [-0.4, -0.2) is 79.9 Å². The molecule has 1 aliphatic carbocycles. The van der Waals surface area contributed by atoms with E-state index in [-0.39, 0.29) is 42.2 Å². The minimum absolute atomic E-state index is 0.0615. The molecule has 1 aliphatic heterocycles. The highest BCUT2D eigenvalue weighted by Crippen LogP contribution is 2.40. The van der Waals surface area contributed by atoms with Crippen molar-refractivity contribution in [3.63, 3.8) is 0 Å². The summed E-state index contributed by atoms with van der Waals surface area (Å²) in [7, 11) is -3.13. The lowest BCUT2D eigenvalue weighted by atomic mass is 10.0. The Morgan fingerprint density at radius 2 is 1.59 bits per heavy atom. The van der Waals surface area contributed by atoms with Crippen LogP contribution in [0.15, 0.2) is 78.9 Å². The predicted molar refractivity (Wildman–Crippen MR) is 161 cm³/mol. The number of rotatable bonds is 11. The Labute approximate surface area is 244 Å². The molecule has 2 fully saturated rings. The van der Waals surface area contributed by atoms with Gasteiger partial charge >= 0.3 is 0 Å². The fourth-order valence-corrected chi connectivity index (χ4v) is 7.12. The average molecular weight is 596 g/mol. The van der Waals surface area contributed by atoms with E-state index in [9.17, 15) is 22.4 Å². The summed E-state index contributed by atoms with van der Waals surface area (Å²) in [5.74, 6) is 0.553. The van der Waals surface area contributed by atoms with Crippen LogP contribution in [0.25, 0.3) is 11.1 Å². The van der Waals surface area contributed by atoms with E-state index >= 15 is 0 Å². The molecule has 2 N–H and O–H groups in total. The number of hydrogen-bond donors (Lipinski definition) is 2. The second-order valence-corrected chi connectivity index (χ2v) is 13.9. The van der Waals surface area contributed by atoms with Crippen LogP contribution in [0.3, 0.4) is 0 Å². The summed E-state index contributed by atoms with van der Waals surface area (Å²) < 4.78 is 36.9. The molecule has 0 aromatic heterocycles. The number of amides is 2. The van der Waals surface area contributed by atoms with Gasteiger partial charge in [0.05, 0.1) is 11.5 Å². The van der Waals surface area contributed by atoms with Crippen molar-refractivity contribution in [2.24, 2.45) is 0 Å². The normalized spacial score (nSPS) is 20.3. The highest BCUT2D eigenvalue weighted by Gasteiger charge is 2.37. The van der Waals surface area contributed by atoms with Gasteiger partial charge < -0.3 is 15.5 Å². The van der Waals surface area contributed by atoms with E-state index in [1.54, 1.807) is 28.8 Å². The zero-order chi connectivity index (χ0) is 28.8. The molecule has 5 rings (SSSR count). The highest BCUT2D eigenvalue weighted by molar-refractivity contribution is 7.99. The van der Waals surface area contributed by atoms with Crippen LogP contribution in [0.5, 0.6) is 0 Å². The molecule has 0 radical (unpaired) electrons. The van der Waals surface area contributed by atoms with Gasteiger partial charge in [0.2, 0.25) is 5.91 Å². The summed E-state index contributed by atoms with van der Waals surface area (Å²) in [6.07, 6.45) is 1.01. The highest BCUT2D eigenvalue weighted by atomic mass is 32.2. The largest absolute Gasteiger partial charge is 0.339 e. The van der Waals surface area contributed by atoms with E-state index in [1.165, 1.54) is 12.1 Å². The van der Waals surface area contributed by atoms with Gasteiger partial charge in [0.25, 0.3) is 5.91 Å². The first-order valence-corrected chi connectivity index (χ1v) is 16.8. The van der Waals surface area contributed by atoms with Gasteiger partial charge in [-0.2, -0.15) is 11.8 Å². The zero-order valence-electron chi connectivity index (χ0n) is 22.7. The van der Waals surface area contributed by atoms with Gasteiger partial charge in [0, 0.05) is 48.7 Å². The minimum Gasteiger partial charge on any atom is -0.339 e. The maximum atomic E-state index is 13.4. The summed E-state index contributed by atoms with van der Waals surface area (Å²) in [6.45, 7) is 1.01. The second-order valence-electron chi connectivity index (χ2n) is 10.5. The molecule has 1 saturated heterocycles. The summed E-state index contributed by atoms with van der Waals surface area (Å²) in [4.78, 5) is 28.1. The van der Waals surface area contributed by atoms with Crippen LogP contribution in [0.4, 0.5) is 4.39 Å². The molecule has 7 nitrogen and oxygen atoms in total. The van der Waals surface area contributed by atoms with Crippen molar-refractivity contribution in [3.8, 4) is 11.1 Å². The molecule has 1 unspecified atom stereocenters. The van der Waals surface area contributed by atoms with Crippen molar-refractivity contribution < 1.29 is 22.4 Å². The average Bonchev–Trinajstić information content (AvgIpc) is 3.76. The van der Waals surface area contributed by atoms with E-state index in [0.29, 0.717) is 23.3 Å². The number of carbonyl (C=O) groups is 2. The number of benzene rings is 3. The fraction of sp³-hybridized carbons (Fsp3) is 0.355. The third-order valence-corrected chi connectivity index (χ3v) is 10.2. The molecule has 2 amide bonds. The van der Waals surface area contributed by atoms with E-state index in [4.69, 9.17) is 0 Å². The first-order valence-electron chi connectivity index (χ1n) is 13.8. The lowest BCUT2D eigenvalue weighted by molar-refractivity contribution is -0.132. The van der Waals surface area contributed by atoms with E-state index < -0.39 is 15.9 Å². The number of sulfone groups is 1. The third-order valence-electron chi connectivity index (χ3n) is 7.54. The Kier molecular flexibility index (Phi) is 9.42. The van der Waals surface area contributed by atoms with Crippen LogP contribution < -0.4 is 10.6 Å². The van der Waals surface area contributed by atoms with E-state index in [2.05, 4.69) is 10.6 Å². The smallest absolute Gasteiger partial charge is 0.251 e. The summed E-state index contributed by atoms with van der Waals surface area (Å²) in [5.41, 5.74) is 3.62. The molecule has 3 aromatic carbocycles. The quantitative estimate of drug-likeness (QED) is 0.328. The van der Waals surface area contributed by atoms with Crippen LogP contribution in [0.2, 0.25) is 0 Å². The molecule has 0 spiro atoms. The van der Waals surface area contributed by atoms with E-state index in [1.807, 2.05) is 54.6 Å². The number of carbonyl (C=O) groups excluding carboxylic acids is 2. The van der Waals surface area contributed by atoms with Crippen molar-refractivity contribution in [1.82, 2.24) is 15.5 Å². The topological polar surface area (TPSA) is 95.6 Å². The SMILES string of the molecule is O=C(N[C@@H](CSCCNC1C[C@H]1c1ccc(F)cc1)C(=O)N1CCS(=O)(=O)CC1)c1ccc(-c2ccccc2)cc1. The van der Waals surface area contributed by atoms with Crippen LogP contribution >= 0.6 is 11.8 Å². The predicted octanol–water partition coefficient (Wildman–Crippen LogP) is 3.73. The maximum Gasteiger partial charge on any atom is 0.251 e. The van der Waals surface area contributed by atoms with Gasteiger partial charge in [-0.3, -0.25) is 9.59 Å². The number of thioether (sulfide) groups is 1. The van der Waals surface area contributed by atoms with Crippen LogP contribution in [-0.2, 0) is 14.6 Å². The molecule has 3 aromatic rings. The molecular formula is C31H34FN3O4S2. The third kappa shape index (κ3) is 7.96. The van der Waals surface area contributed by atoms with Gasteiger partial charge in [0.1, 0.15) is 11.9 Å². The summed E-state index contributed by atoms with van der Waals surface area (Å²) in [6, 6.07) is 23.3. The molecule has 1 saturated carbocycles. The molecule has 10 heteroatoms. The lowest BCUT2D eigenvalue weighted by Gasteiger charge is -2.30. The standard InChI is InChI=1S/C31H34FN3O4S2/c32-26-12-10-24(11-13-26)27-20-28(27)33-14-17-40-21-29(31(37)35-15-18-41(38,39)19-16-35)34-30(36)25-8-6-23(7-9-25)22-4-2-1-3-5-22/h1-13,27-29,33H,14-21H2,(H,34,36)/t27-,28?,29-/m0/s1. The van der Waals surface area contributed by atoms with E-state index in [0.717, 1.165) is 35.4 Å². The molecule has 216 valence electrons. The summed E-state index contributed by atoms with van der Waals surface area (Å²) >= 11 is 1.57. The van der Waals surface area contributed by atoms with Crippen molar-refractivity contribution in [3.05, 3.63) is 95.8 Å². The van der Waals surface area contributed by atoms with Crippen molar-refractivity contribution in [1.29, 1.82) is 0 Å². The van der Waals surface area contributed by atoms with Crippen molar-refractivity contribution >= 4 is 33.4 Å². The first-order chi connectivity index (χ1) is 19.8. The van der Waals surface area contributed by atoms with Crippen LogP contribution in [0, 0.1) is 5.82 Å². The monoisotopic (exact) mass is 595 g/mol. The Balaban J connectivity index is 1.15. The second kappa shape index (κ2) is 13.2. The lowest BCUT2D eigenvalue weighted by Crippen LogP contribution is -2.53. The molecule has 3 atom stereocenters. The van der Waals surface area contributed by atoms with Gasteiger partial charge in [-0.05, 0) is 47.4 Å². The Morgan fingerprint density at radius 3 is 2.27 bits per heavy atom. The van der Waals surface area contributed by atoms with Gasteiger partial charge in [-0.1, -0.05) is 54.6 Å². The van der Waals surface area contributed by atoms with Gasteiger partial charge in [-0.15, -0.1) is 0 Å². The fourth-order valence-electron chi connectivity index (χ4n) is 5.03. The number of hydrogen-bond acceptors (Lipinski definition) is 6. The molecule has 0 bridgehead atoms. The Morgan fingerprint density at radius 1 is 0.927 bits per heavy atom. The van der Waals surface area contributed by atoms with Crippen LogP contribution in [0.1, 0.15) is 28.3 Å². The number of halogens is 1. The Hall–Kier alpha value is -3.21. The first kappa shape index (κ1) is 29.3. The molecule has 41 heavy (non-hydrogen) atoms. The molecular weight excluding hydrogens is 561 g/mol. The van der Waals surface area contributed by atoms with Crippen molar-refractivity contribution in [2.45, 2.75) is 24.4 Å². The van der Waals surface area contributed by atoms with Gasteiger partial charge in [-0.25, -0.2) is 12.8 Å². The van der Waals surface area contributed by atoms with Gasteiger partial charge in [0.15, 0.2) is 9.84 Å². The maximum absolute atomic E-state index is 13.4. The molecule has 1 heterocycles. The zero-order valence-corrected chi connectivity index (χ0v) is 24.3. The number of nitrogens with zero attached hydrogens (tertiary/aromatic N) is 1. The number of nitrogens with one attached hydrogen (secondary N) is 2. The molecule has 2 aliphatic rings.